The minimum absolute atomic E-state index is 0.220. The van der Waals surface area contributed by atoms with Crippen LogP contribution in [0.15, 0.2) is 48.5 Å². The number of benzene rings is 2. The summed E-state index contributed by atoms with van der Waals surface area (Å²) in [6.45, 7) is -0.960. The van der Waals surface area contributed by atoms with Gasteiger partial charge in [0, 0.05) is 6.54 Å². The van der Waals surface area contributed by atoms with Gasteiger partial charge in [-0.3, -0.25) is 4.79 Å². The molecule has 8 heteroatoms. The Morgan fingerprint density at radius 2 is 1.85 bits per heavy atom. The number of hydrogen-bond donors (Lipinski definition) is 2. The summed E-state index contributed by atoms with van der Waals surface area (Å²) in [5.41, 5.74) is 2.23. The Kier molecular flexibility index (Phi) is 7.20. The number of ether oxygens (including phenoxy) is 1. The average molecular weight is 377 g/mol. The topological polar surface area (TPSA) is 74.1 Å². The van der Waals surface area contributed by atoms with Gasteiger partial charge in [0.1, 0.15) is 18.9 Å². The number of carbonyl (C=O) groups is 1. The van der Waals surface area contributed by atoms with E-state index in [4.69, 9.17) is 10.00 Å². The van der Waals surface area contributed by atoms with Crippen LogP contribution in [-0.2, 0) is 17.9 Å². The molecule has 1 amide bonds. The molecular formula is C19H18F3N3O2. The molecule has 0 heterocycles. The van der Waals surface area contributed by atoms with Gasteiger partial charge >= 0.3 is 6.18 Å². The Morgan fingerprint density at radius 1 is 1.11 bits per heavy atom. The second kappa shape index (κ2) is 9.59. The van der Waals surface area contributed by atoms with Gasteiger partial charge in [-0.2, -0.15) is 18.4 Å². The van der Waals surface area contributed by atoms with Crippen molar-refractivity contribution in [3.8, 4) is 11.8 Å². The summed E-state index contributed by atoms with van der Waals surface area (Å²) < 4.78 is 41.8. The lowest BCUT2D eigenvalue weighted by Crippen LogP contribution is -2.39. The van der Waals surface area contributed by atoms with Gasteiger partial charge < -0.3 is 15.4 Å². The first-order valence-electron chi connectivity index (χ1n) is 8.11. The lowest BCUT2D eigenvalue weighted by molar-refractivity contribution is -0.137. The maximum atomic E-state index is 12.0. The van der Waals surface area contributed by atoms with Crippen LogP contribution < -0.4 is 15.4 Å². The van der Waals surface area contributed by atoms with Crippen molar-refractivity contribution >= 4 is 5.91 Å². The van der Waals surface area contributed by atoms with Crippen LogP contribution in [0, 0.1) is 11.3 Å². The lowest BCUT2D eigenvalue weighted by Gasteiger charge is -2.10. The summed E-state index contributed by atoms with van der Waals surface area (Å²) >= 11 is 0. The Hall–Kier alpha value is -3.05. The number of nitrogens with zero attached hydrogens (tertiary/aromatic N) is 1. The number of amides is 1. The third kappa shape index (κ3) is 7.79. The highest BCUT2D eigenvalue weighted by Gasteiger charge is 2.27. The molecule has 2 aromatic carbocycles. The first-order chi connectivity index (χ1) is 12.9. The van der Waals surface area contributed by atoms with Gasteiger partial charge in [-0.25, -0.2) is 0 Å². The quantitative estimate of drug-likeness (QED) is 0.742. The van der Waals surface area contributed by atoms with Crippen LogP contribution in [-0.4, -0.2) is 25.2 Å². The van der Waals surface area contributed by atoms with Crippen LogP contribution in [0.25, 0.3) is 0 Å². The van der Waals surface area contributed by atoms with Crippen molar-refractivity contribution in [3.63, 3.8) is 0 Å². The molecule has 142 valence electrons. The summed E-state index contributed by atoms with van der Waals surface area (Å²) in [4.78, 5) is 11.3. The zero-order valence-corrected chi connectivity index (χ0v) is 14.3. The predicted molar refractivity (Wildman–Crippen MR) is 92.7 cm³/mol. The molecule has 0 aliphatic carbocycles. The summed E-state index contributed by atoms with van der Waals surface area (Å²) in [5.74, 6) is -0.115. The van der Waals surface area contributed by atoms with Gasteiger partial charge in [-0.05, 0) is 35.4 Å². The smallest absolute Gasteiger partial charge is 0.405 e. The molecular weight excluding hydrogens is 359 g/mol. The molecule has 0 fully saturated rings. The normalized spacial score (nSPS) is 10.9. The highest BCUT2D eigenvalue weighted by Crippen LogP contribution is 2.16. The van der Waals surface area contributed by atoms with Crippen molar-refractivity contribution in [1.29, 1.82) is 5.26 Å². The number of rotatable bonds is 8. The van der Waals surface area contributed by atoms with Gasteiger partial charge in [-0.1, -0.05) is 24.3 Å². The zero-order valence-electron chi connectivity index (χ0n) is 14.3. The monoisotopic (exact) mass is 377 g/mol. The molecule has 2 rings (SSSR count). The van der Waals surface area contributed by atoms with Crippen molar-refractivity contribution < 1.29 is 22.7 Å². The maximum absolute atomic E-state index is 12.0. The van der Waals surface area contributed by atoms with Crippen molar-refractivity contribution in [2.45, 2.75) is 19.3 Å². The molecule has 27 heavy (non-hydrogen) atoms. The van der Waals surface area contributed by atoms with Crippen LogP contribution in [0.3, 0.4) is 0 Å². The molecule has 2 N–H and O–H groups in total. The van der Waals surface area contributed by atoms with Crippen LogP contribution >= 0.6 is 0 Å². The van der Waals surface area contributed by atoms with Crippen molar-refractivity contribution in [2.75, 3.05) is 13.1 Å². The first-order valence-corrected chi connectivity index (χ1v) is 8.11. The molecule has 0 saturated carbocycles. The largest absolute Gasteiger partial charge is 0.489 e. The van der Waals surface area contributed by atoms with E-state index in [9.17, 15) is 18.0 Å². The highest BCUT2D eigenvalue weighted by atomic mass is 19.4. The molecule has 0 radical (unpaired) electrons. The Bertz CT molecular complexity index is 816. The molecule has 0 unspecified atom stereocenters. The van der Waals surface area contributed by atoms with Crippen LogP contribution in [0.4, 0.5) is 13.2 Å². The number of alkyl halides is 3. The third-order valence-corrected chi connectivity index (χ3v) is 3.46. The summed E-state index contributed by atoms with van der Waals surface area (Å²) in [6, 6.07) is 16.3. The number of nitriles is 1. The van der Waals surface area contributed by atoms with Gasteiger partial charge in [0.2, 0.25) is 5.91 Å². The molecule has 5 nitrogen and oxygen atoms in total. The second-order valence-electron chi connectivity index (χ2n) is 5.74. The van der Waals surface area contributed by atoms with Crippen molar-refractivity contribution in [3.05, 3.63) is 65.2 Å². The number of halogens is 3. The van der Waals surface area contributed by atoms with E-state index in [0.29, 0.717) is 24.5 Å². The third-order valence-electron chi connectivity index (χ3n) is 3.46. The fourth-order valence-electron chi connectivity index (χ4n) is 2.22. The molecule has 0 aliphatic rings. The lowest BCUT2D eigenvalue weighted by atomic mass is 10.1. The maximum Gasteiger partial charge on any atom is 0.405 e. The molecule has 2 aromatic rings. The Balaban J connectivity index is 1.79. The van der Waals surface area contributed by atoms with E-state index in [-0.39, 0.29) is 6.54 Å². The molecule has 0 aromatic heterocycles. The van der Waals surface area contributed by atoms with Gasteiger partial charge in [-0.15, -0.1) is 0 Å². The predicted octanol–water partition coefficient (Wildman–Crippen LogP) is 2.91. The van der Waals surface area contributed by atoms with E-state index < -0.39 is 18.6 Å². The SMILES string of the molecule is N#Cc1cccc(COc2cccc(CNCC(=O)NCC(F)(F)F)c2)c1. The van der Waals surface area contributed by atoms with E-state index in [0.717, 1.165) is 11.1 Å². The van der Waals surface area contributed by atoms with Gasteiger partial charge in [0.25, 0.3) is 0 Å². The highest BCUT2D eigenvalue weighted by molar-refractivity contribution is 5.78. The Morgan fingerprint density at radius 3 is 2.59 bits per heavy atom. The number of carbonyl (C=O) groups excluding carboxylic acids is 1. The summed E-state index contributed by atoms with van der Waals surface area (Å²) in [6.07, 6.45) is -4.42. The van der Waals surface area contributed by atoms with Crippen LogP contribution in [0.1, 0.15) is 16.7 Å². The standard InChI is InChI=1S/C19H18F3N3O2/c20-19(21,22)13-25-18(26)11-24-10-15-4-2-6-17(8-15)27-12-16-5-1-3-14(7-16)9-23/h1-8,24H,10-13H2,(H,25,26). The van der Waals surface area contributed by atoms with E-state index in [2.05, 4.69) is 11.4 Å². The zero-order chi connectivity index (χ0) is 19.7. The van der Waals surface area contributed by atoms with E-state index >= 15 is 0 Å². The summed E-state index contributed by atoms with van der Waals surface area (Å²) in [7, 11) is 0. The Labute approximate surface area is 154 Å². The summed E-state index contributed by atoms with van der Waals surface area (Å²) in [5, 5.41) is 13.5. The minimum atomic E-state index is -4.42. The van der Waals surface area contributed by atoms with Crippen LogP contribution in [0.5, 0.6) is 5.75 Å². The number of nitrogens with one attached hydrogen (secondary N) is 2. The minimum Gasteiger partial charge on any atom is -0.489 e. The van der Waals surface area contributed by atoms with Crippen LogP contribution in [0.2, 0.25) is 0 Å². The molecule has 0 spiro atoms. The van der Waals surface area contributed by atoms with E-state index in [1.807, 2.05) is 12.1 Å². The van der Waals surface area contributed by atoms with Gasteiger partial charge in [0.05, 0.1) is 18.2 Å². The molecule has 0 saturated heterocycles. The first kappa shape index (κ1) is 20.3. The fourth-order valence-corrected chi connectivity index (χ4v) is 2.22. The average Bonchev–Trinajstić information content (AvgIpc) is 2.65. The molecule has 0 atom stereocenters. The molecule has 0 bridgehead atoms. The fraction of sp³-hybridized carbons (Fsp3) is 0.263. The molecule has 0 aliphatic heterocycles. The van der Waals surface area contributed by atoms with Gasteiger partial charge in [0.15, 0.2) is 0 Å². The van der Waals surface area contributed by atoms with Crippen molar-refractivity contribution in [1.82, 2.24) is 10.6 Å². The van der Waals surface area contributed by atoms with Crippen molar-refractivity contribution in [2.24, 2.45) is 0 Å². The second-order valence-corrected chi connectivity index (χ2v) is 5.74. The van der Waals surface area contributed by atoms with E-state index in [1.54, 1.807) is 41.7 Å². The van der Waals surface area contributed by atoms with E-state index in [1.165, 1.54) is 0 Å². The number of hydrogen-bond acceptors (Lipinski definition) is 4.